The Kier molecular flexibility index (Phi) is 7.07. The van der Waals surface area contributed by atoms with Crippen molar-refractivity contribution in [3.8, 4) is 0 Å². The van der Waals surface area contributed by atoms with E-state index in [4.69, 9.17) is 0 Å². The number of amidine groups is 1. The summed E-state index contributed by atoms with van der Waals surface area (Å²) in [6.07, 6.45) is 5.67. The molecule has 0 aliphatic carbocycles. The second kappa shape index (κ2) is 9.52. The van der Waals surface area contributed by atoms with Crippen molar-refractivity contribution in [2.45, 2.75) is 43.4 Å². The predicted octanol–water partition coefficient (Wildman–Crippen LogP) is 1.84. The highest BCUT2D eigenvalue weighted by Gasteiger charge is 2.29. The van der Waals surface area contributed by atoms with Gasteiger partial charge in [0.05, 0.1) is 4.90 Å². The van der Waals surface area contributed by atoms with Crippen molar-refractivity contribution in [2.75, 3.05) is 39.8 Å². The summed E-state index contributed by atoms with van der Waals surface area (Å²) >= 11 is 0. The Morgan fingerprint density at radius 3 is 2.71 bits per heavy atom. The van der Waals surface area contributed by atoms with Crippen molar-refractivity contribution in [1.82, 2.24) is 14.5 Å². The summed E-state index contributed by atoms with van der Waals surface area (Å²) in [5.41, 5.74) is 0.636. The minimum Gasteiger partial charge on any atom is -0.344 e. The monoisotopic (exact) mass is 406 g/mol. The van der Waals surface area contributed by atoms with Gasteiger partial charge in [-0.1, -0.05) is 18.6 Å². The molecule has 2 aliphatic rings. The third-order valence-corrected chi connectivity index (χ3v) is 6.75. The number of likely N-dealkylation sites (tertiary alicyclic amines) is 1. The van der Waals surface area contributed by atoms with E-state index in [1.807, 2.05) is 18.0 Å². The van der Waals surface area contributed by atoms with Crippen LogP contribution in [0.3, 0.4) is 0 Å². The van der Waals surface area contributed by atoms with E-state index in [1.165, 1.54) is 12.8 Å². The van der Waals surface area contributed by atoms with Gasteiger partial charge in [-0.05, 0) is 50.9 Å². The molecule has 1 N–H and O–H groups in total. The average Bonchev–Trinajstić information content (AvgIpc) is 3.29. The van der Waals surface area contributed by atoms with Gasteiger partial charge in [0.2, 0.25) is 5.91 Å². The number of hydrogen-bond donors (Lipinski definition) is 1. The Hall–Kier alpha value is -1.93. The molecular formula is C20H30N4O3S. The molecule has 8 heteroatoms. The molecule has 3 rings (SSSR count). The van der Waals surface area contributed by atoms with Gasteiger partial charge < -0.3 is 9.80 Å². The van der Waals surface area contributed by atoms with E-state index < -0.39 is 10.0 Å². The Balaban J connectivity index is 1.34. The second-order valence-corrected chi connectivity index (χ2v) is 9.16. The third kappa shape index (κ3) is 5.32. The smallest absolute Gasteiger partial charge is 0.263 e. The Morgan fingerprint density at radius 2 is 1.93 bits per heavy atom. The van der Waals surface area contributed by atoms with Gasteiger partial charge >= 0.3 is 0 Å². The fourth-order valence-corrected chi connectivity index (χ4v) is 4.87. The van der Waals surface area contributed by atoms with Crippen LogP contribution in [0.4, 0.5) is 0 Å². The molecule has 0 aromatic heterocycles. The van der Waals surface area contributed by atoms with Crippen molar-refractivity contribution in [3.63, 3.8) is 0 Å². The number of amides is 1. The summed E-state index contributed by atoms with van der Waals surface area (Å²) in [5, 5.41) is 0. The largest absolute Gasteiger partial charge is 0.344 e. The normalized spacial score (nSPS) is 19.5. The highest BCUT2D eigenvalue weighted by Crippen LogP contribution is 2.22. The molecule has 0 saturated carbocycles. The third-order valence-electron chi connectivity index (χ3n) is 5.36. The van der Waals surface area contributed by atoms with E-state index in [9.17, 15) is 13.2 Å². The first-order valence-corrected chi connectivity index (χ1v) is 11.6. The number of rotatable bonds is 9. The van der Waals surface area contributed by atoms with E-state index in [1.54, 1.807) is 18.2 Å². The number of unbranched alkanes of at least 4 members (excludes halogenated alkanes) is 2. The quantitative estimate of drug-likeness (QED) is 0.635. The SMILES string of the molecule is CN(CCN1CCCC1)C(=O)CCCCCN=C1NS(=O)(=O)c2ccccc21. The molecule has 0 atom stereocenters. The average molecular weight is 407 g/mol. The van der Waals surface area contributed by atoms with Crippen LogP contribution in [0, 0.1) is 0 Å². The maximum Gasteiger partial charge on any atom is 0.263 e. The van der Waals surface area contributed by atoms with Crippen LogP contribution in [0.1, 0.15) is 44.1 Å². The lowest BCUT2D eigenvalue weighted by Gasteiger charge is -2.21. The lowest BCUT2D eigenvalue weighted by Crippen LogP contribution is -2.35. The standard InChI is InChI=1S/C20H30N4O3S/c1-23(15-16-24-13-7-8-14-24)19(25)11-3-2-6-12-21-20-17-9-4-5-10-18(17)28(26,27)22-20/h4-5,9-10H,2-3,6-8,11-16H2,1H3,(H,21,22). The number of nitrogens with zero attached hydrogens (tertiary/aromatic N) is 3. The molecule has 7 nitrogen and oxygen atoms in total. The number of fused-ring (bicyclic) bond motifs is 1. The molecule has 2 heterocycles. The number of carbonyl (C=O) groups is 1. The van der Waals surface area contributed by atoms with Crippen LogP contribution in [-0.2, 0) is 14.8 Å². The number of nitrogens with one attached hydrogen (secondary N) is 1. The first kappa shape index (κ1) is 20.8. The predicted molar refractivity (Wildman–Crippen MR) is 110 cm³/mol. The highest BCUT2D eigenvalue weighted by atomic mass is 32.2. The van der Waals surface area contributed by atoms with Crippen molar-refractivity contribution in [3.05, 3.63) is 29.8 Å². The highest BCUT2D eigenvalue weighted by molar-refractivity contribution is 7.90. The summed E-state index contributed by atoms with van der Waals surface area (Å²) in [6.45, 7) is 4.63. The maximum atomic E-state index is 12.2. The summed E-state index contributed by atoms with van der Waals surface area (Å²) in [6, 6.07) is 6.87. The molecule has 1 fully saturated rings. The topological polar surface area (TPSA) is 82.1 Å². The van der Waals surface area contributed by atoms with Crippen LogP contribution in [0.5, 0.6) is 0 Å². The molecule has 1 amide bonds. The molecule has 1 saturated heterocycles. The lowest BCUT2D eigenvalue weighted by atomic mass is 10.1. The fraction of sp³-hybridized carbons (Fsp3) is 0.600. The first-order chi connectivity index (χ1) is 13.5. The van der Waals surface area contributed by atoms with Gasteiger partial charge in [-0.15, -0.1) is 0 Å². The molecule has 1 aromatic rings. The fourth-order valence-electron chi connectivity index (χ4n) is 3.62. The van der Waals surface area contributed by atoms with Crippen molar-refractivity contribution in [2.24, 2.45) is 4.99 Å². The number of sulfonamides is 1. The molecule has 154 valence electrons. The van der Waals surface area contributed by atoms with Gasteiger partial charge in [-0.25, -0.2) is 8.42 Å². The molecular weight excluding hydrogens is 376 g/mol. The molecule has 0 unspecified atom stereocenters. The first-order valence-electron chi connectivity index (χ1n) is 10.1. The van der Waals surface area contributed by atoms with Gasteiger partial charge in [0.25, 0.3) is 10.0 Å². The van der Waals surface area contributed by atoms with Crippen LogP contribution in [0.15, 0.2) is 34.2 Å². The van der Waals surface area contributed by atoms with Crippen LogP contribution in [-0.4, -0.2) is 69.7 Å². The number of carbonyl (C=O) groups excluding carboxylic acids is 1. The summed E-state index contributed by atoms with van der Waals surface area (Å²) < 4.78 is 26.6. The number of aliphatic imine (C=N–C) groups is 1. The van der Waals surface area contributed by atoms with Crippen molar-refractivity contribution < 1.29 is 13.2 Å². The second-order valence-electron chi connectivity index (χ2n) is 7.51. The molecule has 1 aromatic carbocycles. The molecule has 0 radical (unpaired) electrons. The van der Waals surface area contributed by atoms with E-state index in [-0.39, 0.29) is 10.8 Å². The summed E-state index contributed by atoms with van der Waals surface area (Å²) in [7, 11) is -1.59. The molecule has 28 heavy (non-hydrogen) atoms. The van der Waals surface area contributed by atoms with Crippen LogP contribution in [0.25, 0.3) is 0 Å². The summed E-state index contributed by atoms with van der Waals surface area (Å²) in [5.74, 6) is 0.622. The Bertz CT molecular complexity index is 816. The van der Waals surface area contributed by atoms with Crippen molar-refractivity contribution >= 4 is 21.8 Å². The number of likely N-dealkylation sites (N-methyl/N-ethyl adjacent to an activating group) is 1. The van der Waals surface area contributed by atoms with E-state index in [0.717, 1.165) is 45.4 Å². The summed E-state index contributed by atoms with van der Waals surface area (Å²) in [4.78, 5) is 21.2. The van der Waals surface area contributed by atoms with Gasteiger partial charge in [0.15, 0.2) is 0 Å². The zero-order valence-electron chi connectivity index (χ0n) is 16.6. The van der Waals surface area contributed by atoms with Gasteiger partial charge in [0.1, 0.15) is 5.84 Å². The zero-order valence-corrected chi connectivity index (χ0v) is 17.4. The Labute approximate surface area is 167 Å². The van der Waals surface area contributed by atoms with E-state index in [2.05, 4.69) is 14.6 Å². The maximum absolute atomic E-state index is 12.2. The number of benzene rings is 1. The van der Waals surface area contributed by atoms with Crippen LogP contribution < -0.4 is 4.72 Å². The van der Waals surface area contributed by atoms with Crippen molar-refractivity contribution in [1.29, 1.82) is 0 Å². The van der Waals surface area contributed by atoms with Gasteiger partial charge in [-0.2, -0.15) is 0 Å². The zero-order chi connectivity index (χ0) is 20.0. The van der Waals surface area contributed by atoms with Gasteiger partial charge in [0, 0.05) is 38.7 Å². The number of hydrogen-bond acceptors (Lipinski definition) is 5. The van der Waals surface area contributed by atoms with Gasteiger partial charge in [-0.3, -0.25) is 14.5 Å². The molecule has 2 aliphatic heterocycles. The van der Waals surface area contributed by atoms with E-state index in [0.29, 0.717) is 24.4 Å². The molecule has 0 bridgehead atoms. The van der Waals surface area contributed by atoms with Crippen LogP contribution >= 0.6 is 0 Å². The minimum absolute atomic E-state index is 0.197. The van der Waals surface area contributed by atoms with E-state index >= 15 is 0 Å². The minimum atomic E-state index is -3.47. The lowest BCUT2D eigenvalue weighted by molar-refractivity contribution is -0.130. The Morgan fingerprint density at radius 1 is 1.18 bits per heavy atom. The molecule has 0 spiro atoms. The van der Waals surface area contributed by atoms with Crippen LogP contribution in [0.2, 0.25) is 0 Å².